The van der Waals surface area contributed by atoms with Crippen LogP contribution in [0.2, 0.25) is 5.02 Å². The van der Waals surface area contributed by atoms with Gasteiger partial charge in [0.1, 0.15) is 0 Å². The van der Waals surface area contributed by atoms with E-state index in [-0.39, 0.29) is 5.41 Å². The molecule has 1 aliphatic carbocycles. The summed E-state index contributed by atoms with van der Waals surface area (Å²) < 4.78 is 0. The van der Waals surface area contributed by atoms with Crippen LogP contribution in [0.3, 0.4) is 0 Å². The third-order valence-corrected chi connectivity index (χ3v) is 4.47. The molecule has 2 N–H and O–H groups in total. The van der Waals surface area contributed by atoms with Crippen LogP contribution < -0.4 is 5.73 Å². The summed E-state index contributed by atoms with van der Waals surface area (Å²) in [5.74, 6) is 1.06. The molecular formula is C12H16ClNS. The molecule has 82 valence electrons. The van der Waals surface area contributed by atoms with E-state index < -0.39 is 0 Å². The van der Waals surface area contributed by atoms with Crippen molar-refractivity contribution in [2.45, 2.75) is 30.1 Å². The van der Waals surface area contributed by atoms with Crippen molar-refractivity contribution in [3.63, 3.8) is 0 Å². The minimum Gasteiger partial charge on any atom is -0.330 e. The fraction of sp³-hybridized carbons (Fsp3) is 0.500. The Morgan fingerprint density at radius 2 is 2.20 bits per heavy atom. The molecule has 0 spiro atoms. The lowest BCUT2D eigenvalue weighted by Crippen LogP contribution is -2.19. The van der Waals surface area contributed by atoms with Gasteiger partial charge in [-0.1, -0.05) is 24.6 Å². The van der Waals surface area contributed by atoms with E-state index in [0.717, 1.165) is 17.3 Å². The van der Waals surface area contributed by atoms with E-state index >= 15 is 0 Å². The summed E-state index contributed by atoms with van der Waals surface area (Å²) in [6.07, 6.45) is 2.42. The van der Waals surface area contributed by atoms with Crippen LogP contribution in [0, 0.1) is 0 Å². The first-order valence-corrected chi connectivity index (χ1v) is 6.71. The molecule has 2 rings (SSSR count). The van der Waals surface area contributed by atoms with Crippen molar-refractivity contribution in [2.75, 3.05) is 12.3 Å². The number of rotatable bonds is 4. The molecule has 15 heavy (non-hydrogen) atoms. The molecule has 1 aromatic rings. The summed E-state index contributed by atoms with van der Waals surface area (Å²) in [6, 6.07) is 6.41. The highest BCUT2D eigenvalue weighted by Gasteiger charge is 2.42. The molecule has 0 aliphatic heterocycles. The van der Waals surface area contributed by atoms with Gasteiger partial charge in [-0.2, -0.15) is 0 Å². The maximum atomic E-state index is 6.24. The summed E-state index contributed by atoms with van der Waals surface area (Å²) in [4.78, 5) is 1.18. The van der Waals surface area contributed by atoms with Gasteiger partial charge >= 0.3 is 0 Å². The summed E-state index contributed by atoms with van der Waals surface area (Å²) in [6.45, 7) is 2.88. The Balaban J connectivity index is 2.25. The second-order valence-electron chi connectivity index (χ2n) is 4.06. The fourth-order valence-corrected chi connectivity index (χ4v) is 2.88. The van der Waals surface area contributed by atoms with Crippen LogP contribution in [0.5, 0.6) is 0 Å². The Morgan fingerprint density at radius 3 is 2.67 bits per heavy atom. The normalized spacial score (nSPS) is 17.8. The zero-order valence-corrected chi connectivity index (χ0v) is 10.5. The largest absolute Gasteiger partial charge is 0.330 e. The molecule has 1 aromatic carbocycles. The summed E-state index contributed by atoms with van der Waals surface area (Å²) in [5.41, 5.74) is 7.36. The third kappa shape index (κ3) is 2.17. The van der Waals surface area contributed by atoms with Crippen LogP contribution in [0.1, 0.15) is 25.3 Å². The molecule has 0 radical (unpaired) electrons. The summed E-state index contributed by atoms with van der Waals surface area (Å²) in [5, 5.41) is 0.874. The lowest BCUT2D eigenvalue weighted by Gasteiger charge is -2.14. The molecule has 1 saturated carbocycles. The SMILES string of the molecule is CCSc1ccc(C2(CN)CC2)cc1Cl. The molecule has 1 aliphatic rings. The Bertz CT molecular complexity index is 361. The number of thioether (sulfide) groups is 1. The smallest absolute Gasteiger partial charge is 0.0544 e. The van der Waals surface area contributed by atoms with Gasteiger partial charge in [0.15, 0.2) is 0 Å². The van der Waals surface area contributed by atoms with Gasteiger partial charge in [0.2, 0.25) is 0 Å². The van der Waals surface area contributed by atoms with E-state index in [4.69, 9.17) is 17.3 Å². The number of nitrogens with two attached hydrogens (primary N) is 1. The first-order chi connectivity index (χ1) is 7.22. The van der Waals surface area contributed by atoms with Crippen LogP contribution in [-0.2, 0) is 5.41 Å². The Kier molecular flexibility index (Phi) is 3.29. The molecule has 0 bridgehead atoms. The van der Waals surface area contributed by atoms with Crippen LogP contribution in [-0.4, -0.2) is 12.3 Å². The van der Waals surface area contributed by atoms with Crippen LogP contribution >= 0.6 is 23.4 Å². The van der Waals surface area contributed by atoms with E-state index in [1.54, 1.807) is 11.8 Å². The summed E-state index contributed by atoms with van der Waals surface area (Å²) >= 11 is 8.02. The molecular weight excluding hydrogens is 226 g/mol. The average Bonchev–Trinajstić information content (AvgIpc) is 3.02. The van der Waals surface area contributed by atoms with Crippen molar-refractivity contribution in [3.8, 4) is 0 Å². The Labute approximate surface area is 100 Å². The molecule has 0 unspecified atom stereocenters. The van der Waals surface area contributed by atoms with Crippen molar-refractivity contribution in [3.05, 3.63) is 28.8 Å². The van der Waals surface area contributed by atoms with Gasteiger partial charge in [-0.15, -0.1) is 11.8 Å². The maximum absolute atomic E-state index is 6.24. The first-order valence-electron chi connectivity index (χ1n) is 5.35. The van der Waals surface area contributed by atoms with E-state index in [1.807, 2.05) is 0 Å². The monoisotopic (exact) mass is 241 g/mol. The van der Waals surface area contributed by atoms with Crippen LogP contribution in [0.25, 0.3) is 0 Å². The summed E-state index contributed by atoms with van der Waals surface area (Å²) in [7, 11) is 0. The fourth-order valence-electron chi connectivity index (χ4n) is 1.86. The second-order valence-corrected chi connectivity index (χ2v) is 5.78. The molecule has 1 nitrogen and oxygen atoms in total. The van der Waals surface area contributed by atoms with Gasteiger partial charge in [-0.25, -0.2) is 0 Å². The average molecular weight is 242 g/mol. The van der Waals surface area contributed by atoms with Crippen molar-refractivity contribution in [1.82, 2.24) is 0 Å². The van der Waals surface area contributed by atoms with Gasteiger partial charge in [0.05, 0.1) is 5.02 Å². The zero-order valence-electron chi connectivity index (χ0n) is 8.92. The standard InChI is InChI=1S/C12H16ClNS/c1-2-15-11-4-3-9(7-10(11)13)12(8-14)5-6-12/h3-4,7H,2,5-6,8,14H2,1H3. The molecule has 0 aromatic heterocycles. The van der Waals surface area contributed by atoms with Crippen LogP contribution in [0.15, 0.2) is 23.1 Å². The molecule has 3 heteroatoms. The van der Waals surface area contributed by atoms with Gasteiger partial charge in [-0.05, 0) is 36.3 Å². The van der Waals surface area contributed by atoms with Crippen molar-refractivity contribution in [2.24, 2.45) is 5.73 Å². The Morgan fingerprint density at radius 1 is 1.47 bits per heavy atom. The molecule has 1 fully saturated rings. The second kappa shape index (κ2) is 4.36. The number of benzene rings is 1. The van der Waals surface area contributed by atoms with Gasteiger partial charge in [0.25, 0.3) is 0 Å². The molecule has 0 heterocycles. The minimum atomic E-state index is 0.249. The molecule has 0 saturated heterocycles. The zero-order chi connectivity index (χ0) is 10.9. The van der Waals surface area contributed by atoms with E-state index in [1.165, 1.54) is 23.3 Å². The van der Waals surface area contributed by atoms with Crippen molar-refractivity contribution in [1.29, 1.82) is 0 Å². The molecule has 0 atom stereocenters. The lowest BCUT2D eigenvalue weighted by molar-refractivity contribution is 0.704. The van der Waals surface area contributed by atoms with Gasteiger partial charge < -0.3 is 5.73 Å². The predicted molar refractivity (Wildman–Crippen MR) is 67.8 cm³/mol. The minimum absolute atomic E-state index is 0.249. The van der Waals surface area contributed by atoms with E-state index in [9.17, 15) is 0 Å². The number of hydrogen-bond acceptors (Lipinski definition) is 2. The topological polar surface area (TPSA) is 26.0 Å². The highest BCUT2D eigenvalue weighted by Crippen LogP contribution is 2.48. The van der Waals surface area contributed by atoms with Gasteiger partial charge in [0, 0.05) is 16.9 Å². The number of halogens is 1. The first kappa shape index (κ1) is 11.3. The number of hydrogen-bond donors (Lipinski definition) is 1. The highest BCUT2D eigenvalue weighted by atomic mass is 35.5. The Hall–Kier alpha value is -0.180. The highest BCUT2D eigenvalue weighted by molar-refractivity contribution is 7.99. The van der Waals surface area contributed by atoms with Crippen LogP contribution in [0.4, 0.5) is 0 Å². The lowest BCUT2D eigenvalue weighted by atomic mass is 9.96. The van der Waals surface area contributed by atoms with E-state index in [2.05, 4.69) is 25.1 Å². The van der Waals surface area contributed by atoms with Gasteiger partial charge in [-0.3, -0.25) is 0 Å². The maximum Gasteiger partial charge on any atom is 0.0544 e. The predicted octanol–water partition coefficient (Wildman–Crippen LogP) is 3.44. The quantitative estimate of drug-likeness (QED) is 0.818. The molecule has 0 amide bonds. The van der Waals surface area contributed by atoms with Crippen molar-refractivity contribution < 1.29 is 0 Å². The van der Waals surface area contributed by atoms with E-state index in [0.29, 0.717) is 0 Å². The third-order valence-electron chi connectivity index (χ3n) is 3.09. The van der Waals surface area contributed by atoms with Crippen molar-refractivity contribution >= 4 is 23.4 Å².